The maximum atomic E-state index is 13.2. The van der Waals surface area contributed by atoms with Gasteiger partial charge in [0.05, 0.1) is 11.7 Å². The van der Waals surface area contributed by atoms with Crippen molar-refractivity contribution >= 4 is 23.2 Å². The average Bonchev–Trinajstić information content (AvgIpc) is 3.45. The Hall–Kier alpha value is -3.29. The summed E-state index contributed by atoms with van der Waals surface area (Å²) in [5, 5.41) is 12.1. The molecule has 1 unspecified atom stereocenters. The Labute approximate surface area is 190 Å². The number of rotatable bonds is 5. The van der Waals surface area contributed by atoms with E-state index in [0.717, 1.165) is 47.6 Å². The van der Waals surface area contributed by atoms with E-state index in [4.69, 9.17) is 21.7 Å². The van der Waals surface area contributed by atoms with Crippen LogP contribution in [-0.2, 0) is 0 Å². The molecule has 32 heavy (non-hydrogen) atoms. The first kappa shape index (κ1) is 20.6. The van der Waals surface area contributed by atoms with Crippen LogP contribution in [0.5, 0.6) is 0 Å². The van der Waals surface area contributed by atoms with Crippen molar-refractivity contribution in [1.82, 2.24) is 25.1 Å². The lowest BCUT2D eigenvalue weighted by molar-refractivity contribution is 0.492. The predicted molar refractivity (Wildman–Crippen MR) is 125 cm³/mol. The molecule has 4 aromatic rings. The fraction of sp³-hybridized carbons (Fsp3) is 0.208. The summed E-state index contributed by atoms with van der Waals surface area (Å²) >= 11 is 6.35. The highest BCUT2D eigenvalue weighted by molar-refractivity contribution is 6.31. The molecular formula is C24H22ClFN6. The molecule has 8 heteroatoms. The molecule has 1 aliphatic heterocycles. The van der Waals surface area contributed by atoms with Gasteiger partial charge in [0.25, 0.3) is 0 Å². The van der Waals surface area contributed by atoms with E-state index in [-0.39, 0.29) is 5.82 Å². The molecular weight excluding hydrogens is 427 g/mol. The number of benzene rings is 2. The van der Waals surface area contributed by atoms with Crippen LogP contribution in [0, 0.1) is 12.7 Å². The summed E-state index contributed by atoms with van der Waals surface area (Å²) in [6, 6.07) is 14.2. The number of aryl methyl sites for hydroxylation is 1. The minimum atomic E-state index is -0.291. The number of nitrogens with zero attached hydrogens (tertiary/aromatic N) is 4. The zero-order valence-electron chi connectivity index (χ0n) is 17.5. The highest BCUT2D eigenvalue weighted by atomic mass is 35.5. The van der Waals surface area contributed by atoms with Gasteiger partial charge in [0.15, 0.2) is 0 Å². The predicted octanol–water partition coefficient (Wildman–Crippen LogP) is 5.39. The number of anilines is 2. The van der Waals surface area contributed by atoms with Crippen molar-refractivity contribution in [2.45, 2.75) is 19.4 Å². The molecule has 0 radical (unpaired) electrons. The van der Waals surface area contributed by atoms with Crippen molar-refractivity contribution in [3.05, 3.63) is 77.3 Å². The van der Waals surface area contributed by atoms with Crippen LogP contribution in [0.25, 0.3) is 22.5 Å². The van der Waals surface area contributed by atoms with Crippen LogP contribution in [0.3, 0.4) is 0 Å². The molecule has 0 amide bonds. The lowest BCUT2D eigenvalue weighted by atomic mass is 10.0. The van der Waals surface area contributed by atoms with Crippen LogP contribution in [0.1, 0.15) is 18.0 Å². The van der Waals surface area contributed by atoms with Crippen LogP contribution < -0.4 is 10.6 Å². The van der Waals surface area contributed by atoms with Crippen LogP contribution in [0.2, 0.25) is 5.02 Å². The molecule has 0 aliphatic carbocycles. The van der Waals surface area contributed by atoms with Crippen molar-refractivity contribution in [1.29, 1.82) is 0 Å². The second-order valence-electron chi connectivity index (χ2n) is 7.93. The van der Waals surface area contributed by atoms with E-state index in [9.17, 15) is 4.39 Å². The first-order valence-corrected chi connectivity index (χ1v) is 10.9. The maximum absolute atomic E-state index is 13.2. The van der Waals surface area contributed by atoms with Gasteiger partial charge in [-0.3, -0.25) is 4.68 Å². The van der Waals surface area contributed by atoms with E-state index in [0.29, 0.717) is 22.7 Å². The average molecular weight is 449 g/mol. The largest absolute Gasteiger partial charge is 0.324 e. The quantitative estimate of drug-likeness (QED) is 0.428. The fourth-order valence-electron chi connectivity index (χ4n) is 3.95. The van der Waals surface area contributed by atoms with Gasteiger partial charge in [0, 0.05) is 40.8 Å². The highest BCUT2D eigenvalue weighted by Gasteiger charge is 2.22. The van der Waals surface area contributed by atoms with Gasteiger partial charge in [-0.15, -0.1) is 0 Å². The second-order valence-corrected chi connectivity index (χ2v) is 8.37. The number of nitrogens with one attached hydrogen (secondary N) is 2. The Kier molecular flexibility index (Phi) is 5.59. The van der Waals surface area contributed by atoms with Gasteiger partial charge in [-0.1, -0.05) is 11.6 Å². The minimum absolute atomic E-state index is 0.291. The van der Waals surface area contributed by atoms with Gasteiger partial charge in [0.2, 0.25) is 5.95 Å². The summed E-state index contributed by atoms with van der Waals surface area (Å²) in [6.45, 7) is 3.88. The van der Waals surface area contributed by atoms with Crippen molar-refractivity contribution < 1.29 is 4.39 Å². The van der Waals surface area contributed by atoms with Gasteiger partial charge in [-0.05, 0) is 74.0 Å². The Morgan fingerprint density at radius 2 is 2.00 bits per heavy atom. The van der Waals surface area contributed by atoms with Crippen molar-refractivity contribution in [2.24, 2.45) is 0 Å². The lowest BCUT2D eigenvalue weighted by Crippen LogP contribution is -2.13. The van der Waals surface area contributed by atoms with Crippen LogP contribution in [-0.4, -0.2) is 32.8 Å². The molecule has 1 aliphatic rings. The second kappa shape index (κ2) is 8.68. The number of hydrogen-bond acceptors (Lipinski definition) is 5. The molecule has 0 saturated carbocycles. The summed E-state index contributed by atoms with van der Waals surface area (Å²) < 4.78 is 15.2. The molecule has 1 saturated heterocycles. The summed E-state index contributed by atoms with van der Waals surface area (Å²) in [5.74, 6) is 0.137. The summed E-state index contributed by atoms with van der Waals surface area (Å²) in [6.07, 6.45) is 4.78. The Bertz CT molecular complexity index is 1230. The summed E-state index contributed by atoms with van der Waals surface area (Å²) in [5.41, 5.74) is 5.20. The minimum Gasteiger partial charge on any atom is -0.324 e. The molecule has 3 heterocycles. The monoisotopic (exact) mass is 448 g/mol. The molecule has 6 nitrogen and oxygen atoms in total. The Morgan fingerprint density at radius 1 is 1.16 bits per heavy atom. The molecule has 0 spiro atoms. The van der Waals surface area contributed by atoms with E-state index in [2.05, 4.69) is 21.7 Å². The maximum Gasteiger partial charge on any atom is 0.227 e. The van der Waals surface area contributed by atoms with Gasteiger partial charge in [-0.2, -0.15) is 5.10 Å². The molecule has 0 bridgehead atoms. The van der Waals surface area contributed by atoms with Crippen LogP contribution >= 0.6 is 11.6 Å². The van der Waals surface area contributed by atoms with E-state index < -0.39 is 0 Å². The van der Waals surface area contributed by atoms with E-state index in [1.54, 1.807) is 18.3 Å². The molecule has 162 valence electrons. The van der Waals surface area contributed by atoms with E-state index in [1.165, 1.54) is 12.1 Å². The third-order valence-electron chi connectivity index (χ3n) is 5.49. The third-order valence-corrected chi connectivity index (χ3v) is 5.71. The zero-order chi connectivity index (χ0) is 22.1. The molecule has 1 fully saturated rings. The van der Waals surface area contributed by atoms with Crippen molar-refractivity contribution in [2.75, 3.05) is 18.4 Å². The first-order valence-electron chi connectivity index (χ1n) is 10.5. The van der Waals surface area contributed by atoms with Gasteiger partial charge >= 0.3 is 0 Å². The van der Waals surface area contributed by atoms with E-state index in [1.807, 2.05) is 36.0 Å². The van der Waals surface area contributed by atoms with Crippen molar-refractivity contribution in [3.63, 3.8) is 0 Å². The van der Waals surface area contributed by atoms with Gasteiger partial charge in [0.1, 0.15) is 11.5 Å². The first-order chi connectivity index (χ1) is 15.5. The normalized spacial score (nSPS) is 15.8. The number of aromatic nitrogens is 4. The standard InChI is InChI=1S/C24H22ClFN6/c1-15-10-16(12-17(25)11-15)23-21(14-32(31-23)20-6-8-27-13-20)22-7-9-28-24(30-22)29-19-4-2-18(26)3-5-19/h2-5,7,9-12,14,20,27H,6,8,13H2,1H3,(H,28,29,30). The number of hydrogen-bond donors (Lipinski definition) is 2. The Balaban J connectivity index is 1.56. The SMILES string of the molecule is Cc1cc(Cl)cc(-c2nn(C3CCNC3)cc2-c2ccnc(Nc3ccc(F)cc3)n2)c1. The fourth-order valence-corrected chi connectivity index (χ4v) is 4.24. The summed E-state index contributed by atoms with van der Waals surface area (Å²) in [4.78, 5) is 9.04. The highest BCUT2D eigenvalue weighted by Crippen LogP contribution is 2.34. The third kappa shape index (κ3) is 4.35. The molecule has 5 rings (SSSR count). The number of halogens is 2. The van der Waals surface area contributed by atoms with Crippen LogP contribution in [0.4, 0.5) is 16.0 Å². The summed E-state index contributed by atoms with van der Waals surface area (Å²) in [7, 11) is 0. The van der Waals surface area contributed by atoms with E-state index >= 15 is 0 Å². The smallest absolute Gasteiger partial charge is 0.227 e. The van der Waals surface area contributed by atoms with Crippen LogP contribution in [0.15, 0.2) is 60.9 Å². The molecule has 1 atom stereocenters. The molecule has 2 N–H and O–H groups in total. The van der Waals surface area contributed by atoms with Gasteiger partial charge in [-0.25, -0.2) is 14.4 Å². The van der Waals surface area contributed by atoms with Gasteiger partial charge < -0.3 is 10.6 Å². The zero-order valence-corrected chi connectivity index (χ0v) is 18.3. The molecule has 2 aromatic carbocycles. The Morgan fingerprint density at radius 3 is 2.75 bits per heavy atom. The lowest BCUT2D eigenvalue weighted by Gasteiger charge is -2.08. The topological polar surface area (TPSA) is 67.7 Å². The van der Waals surface area contributed by atoms with Crippen molar-refractivity contribution in [3.8, 4) is 22.5 Å². The molecule has 2 aromatic heterocycles.